The summed E-state index contributed by atoms with van der Waals surface area (Å²) in [6.45, 7) is 15.5. The number of carbonyl (C=O) groups excluding carboxylic acids is 2. The topological polar surface area (TPSA) is 118 Å². The van der Waals surface area contributed by atoms with Crippen LogP contribution in [-0.4, -0.2) is 40.0 Å². The molecule has 0 spiro atoms. The summed E-state index contributed by atoms with van der Waals surface area (Å²) in [6, 6.07) is 0. The third-order valence-electron chi connectivity index (χ3n) is 13.8. The Bertz CT molecular complexity index is 1230. The fourth-order valence-electron chi connectivity index (χ4n) is 11.0. The number of carboxylic acid groups (broad SMARTS) is 2. The van der Waals surface area contributed by atoms with Crippen LogP contribution in [0.25, 0.3) is 0 Å². The van der Waals surface area contributed by atoms with Crippen molar-refractivity contribution in [2.75, 3.05) is 0 Å². The van der Waals surface area contributed by atoms with Gasteiger partial charge in [0, 0.05) is 28.4 Å². The van der Waals surface area contributed by atoms with Gasteiger partial charge in [0.25, 0.3) is 0 Å². The van der Waals surface area contributed by atoms with Crippen molar-refractivity contribution in [1.29, 1.82) is 0 Å². The molecule has 1 radical (unpaired) electrons. The summed E-state index contributed by atoms with van der Waals surface area (Å²) in [7, 11) is 0. The van der Waals surface area contributed by atoms with E-state index in [-0.39, 0.29) is 149 Å². The minimum absolute atomic E-state index is 0. The van der Waals surface area contributed by atoms with E-state index >= 15 is 0 Å². The SMILES string of the molecule is CC1(C)[C@@H](OC(=O)CCC(=O)O)CC[C@]2(C)[C@H]3C(=O)C=C4[C@@H]5C[C@@](C)(C(=O)O)CC[C@]5(C)CC[C@@]4(C)[C@]3(C)CC[C@@H]12.[Cu].[H-].[H-].[Na+].[Na+]. The molecule has 0 saturated heterocycles. The van der Waals surface area contributed by atoms with Gasteiger partial charge in [0.15, 0.2) is 5.78 Å². The van der Waals surface area contributed by atoms with Crippen molar-refractivity contribution in [3.8, 4) is 0 Å². The van der Waals surface area contributed by atoms with Gasteiger partial charge < -0.3 is 17.8 Å². The maximum atomic E-state index is 14.5. The van der Waals surface area contributed by atoms with Crippen LogP contribution in [0.4, 0.5) is 0 Å². The van der Waals surface area contributed by atoms with Gasteiger partial charge in [-0.1, -0.05) is 47.1 Å². The first kappa shape index (κ1) is 40.5. The standard InChI is InChI=1S/C34H50O7.Cu.2Na.2H/c1-29(2)23-10-13-34(7)27(32(23,5)12-11-24(29)41-26(38)9-8-25(36)37)22(35)18-20-21-19-31(4,28(39)40)15-14-30(21,3)16-17-33(20,34)6;;;;;/h18,21,23-24,27H,8-17,19H2,1-7H3,(H,36,37)(H,39,40);;;;;/q;;2*+1;2*-1/t21-,23-,24-,27+,30+,31-,32-,33+,34+;;;;;/m0...../s1. The molecular formula is C34H52CuNa2O7. The van der Waals surface area contributed by atoms with E-state index in [2.05, 4.69) is 41.5 Å². The number of ketones is 1. The van der Waals surface area contributed by atoms with E-state index in [9.17, 15) is 24.3 Å². The Hall–Kier alpha value is 0.339. The molecule has 4 saturated carbocycles. The molecule has 5 aliphatic carbocycles. The molecule has 0 aliphatic heterocycles. The zero-order valence-electron chi connectivity index (χ0n) is 30.4. The summed E-state index contributed by atoms with van der Waals surface area (Å²) < 4.78 is 5.91. The largest absolute Gasteiger partial charge is 1.00 e. The molecule has 0 aromatic rings. The second-order valence-corrected chi connectivity index (χ2v) is 16.3. The molecule has 0 aromatic carbocycles. The van der Waals surface area contributed by atoms with E-state index in [0.717, 1.165) is 38.5 Å². The summed E-state index contributed by atoms with van der Waals surface area (Å²) >= 11 is 0. The van der Waals surface area contributed by atoms with Gasteiger partial charge in [-0.05, 0) is 104 Å². The van der Waals surface area contributed by atoms with Gasteiger partial charge >= 0.3 is 77.0 Å². The molecule has 0 heterocycles. The van der Waals surface area contributed by atoms with Crippen LogP contribution in [0.3, 0.4) is 0 Å². The second kappa shape index (κ2) is 13.3. The van der Waals surface area contributed by atoms with E-state index in [1.807, 2.05) is 13.0 Å². The fourth-order valence-corrected chi connectivity index (χ4v) is 11.0. The number of esters is 1. The molecule has 44 heavy (non-hydrogen) atoms. The van der Waals surface area contributed by atoms with Crippen LogP contribution in [0.1, 0.15) is 122 Å². The van der Waals surface area contributed by atoms with E-state index in [1.165, 1.54) is 5.57 Å². The Morgan fingerprint density at radius 3 is 2.09 bits per heavy atom. The molecule has 5 rings (SSSR count). The van der Waals surface area contributed by atoms with Crippen molar-refractivity contribution < 1.29 is 113 Å². The quantitative estimate of drug-likeness (QED) is 0.329. The van der Waals surface area contributed by atoms with Gasteiger partial charge in [-0.15, -0.1) is 0 Å². The molecule has 4 fully saturated rings. The molecular weight excluding hydrogens is 630 g/mol. The van der Waals surface area contributed by atoms with Crippen molar-refractivity contribution in [2.24, 2.45) is 50.2 Å². The van der Waals surface area contributed by atoms with Crippen LogP contribution in [0, 0.1) is 50.2 Å². The average Bonchev–Trinajstić information content (AvgIpc) is 2.86. The van der Waals surface area contributed by atoms with Crippen LogP contribution >= 0.6 is 0 Å². The summed E-state index contributed by atoms with van der Waals surface area (Å²) in [5.74, 6) is -1.87. The number of hydrogen-bond donors (Lipinski definition) is 2. The zero-order valence-corrected chi connectivity index (χ0v) is 33.3. The number of hydrogen-bond acceptors (Lipinski definition) is 5. The Morgan fingerprint density at radius 1 is 0.886 bits per heavy atom. The van der Waals surface area contributed by atoms with E-state index in [0.29, 0.717) is 19.3 Å². The summed E-state index contributed by atoms with van der Waals surface area (Å²) in [4.78, 5) is 50.3. The number of aliphatic carboxylic acids is 2. The van der Waals surface area contributed by atoms with Gasteiger partial charge in [-0.2, -0.15) is 0 Å². The summed E-state index contributed by atoms with van der Waals surface area (Å²) in [5.41, 5.74) is -0.553. The predicted octanol–water partition coefficient (Wildman–Crippen LogP) is 1.06. The number of allylic oxidation sites excluding steroid dienone is 2. The van der Waals surface area contributed by atoms with Crippen molar-refractivity contribution in [3.05, 3.63) is 11.6 Å². The van der Waals surface area contributed by atoms with Gasteiger partial charge in [-0.25, -0.2) is 0 Å². The first-order valence-electron chi connectivity index (χ1n) is 15.7. The van der Waals surface area contributed by atoms with Crippen molar-refractivity contribution in [1.82, 2.24) is 0 Å². The zero-order chi connectivity index (χ0) is 30.4. The predicted molar refractivity (Wildman–Crippen MR) is 156 cm³/mol. The average molecular weight is 682 g/mol. The molecule has 0 bridgehead atoms. The third kappa shape index (κ3) is 6.05. The van der Waals surface area contributed by atoms with Crippen LogP contribution < -0.4 is 59.1 Å². The van der Waals surface area contributed by atoms with Gasteiger partial charge in [0.05, 0.1) is 18.3 Å². The Balaban J connectivity index is 0.00000405. The first-order chi connectivity index (χ1) is 18.8. The van der Waals surface area contributed by atoms with E-state index in [4.69, 9.17) is 9.84 Å². The number of rotatable bonds is 5. The molecule has 5 aliphatic rings. The smallest absolute Gasteiger partial charge is 1.00 e. The molecule has 0 aromatic heterocycles. The molecule has 9 atom stereocenters. The van der Waals surface area contributed by atoms with Gasteiger partial charge in [0.2, 0.25) is 0 Å². The Morgan fingerprint density at radius 2 is 1.50 bits per heavy atom. The Labute approximate surface area is 321 Å². The minimum atomic E-state index is -1.01. The first-order valence-corrected chi connectivity index (χ1v) is 15.7. The summed E-state index contributed by atoms with van der Waals surface area (Å²) in [5, 5.41) is 19.1. The maximum absolute atomic E-state index is 14.5. The van der Waals surface area contributed by atoms with Gasteiger partial charge in [0.1, 0.15) is 6.10 Å². The maximum Gasteiger partial charge on any atom is 1.00 e. The normalized spacial score (nSPS) is 43.4. The van der Waals surface area contributed by atoms with Crippen molar-refractivity contribution in [2.45, 2.75) is 125 Å². The molecule has 10 heteroatoms. The van der Waals surface area contributed by atoms with Crippen LogP contribution in [-0.2, 0) is 41.0 Å². The van der Waals surface area contributed by atoms with Crippen LogP contribution in [0.2, 0.25) is 0 Å². The minimum Gasteiger partial charge on any atom is -1.00 e. The van der Waals surface area contributed by atoms with E-state index < -0.39 is 23.3 Å². The van der Waals surface area contributed by atoms with E-state index in [1.54, 1.807) is 0 Å². The van der Waals surface area contributed by atoms with Gasteiger partial charge in [-0.3, -0.25) is 19.2 Å². The second-order valence-electron chi connectivity index (χ2n) is 16.3. The molecule has 2 N–H and O–H groups in total. The number of fused-ring (bicyclic) bond motifs is 7. The van der Waals surface area contributed by atoms with Crippen LogP contribution in [0.5, 0.6) is 0 Å². The van der Waals surface area contributed by atoms with Crippen molar-refractivity contribution in [3.63, 3.8) is 0 Å². The third-order valence-corrected chi connectivity index (χ3v) is 13.8. The van der Waals surface area contributed by atoms with Crippen molar-refractivity contribution >= 4 is 23.7 Å². The fraction of sp³-hybridized carbons (Fsp3) is 0.824. The monoisotopic (exact) mass is 681 g/mol. The number of carboxylic acids is 2. The Kier molecular flexibility index (Phi) is 12.3. The molecule has 0 amide bonds. The number of ether oxygens (including phenoxy) is 1. The van der Waals surface area contributed by atoms with Crippen LogP contribution in [0.15, 0.2) is 11.6 Å². The molecule has 0 unspecified atom stereocenters. The summed E-state index contributed by atoms with van der Waals surface area (Å²) in [6.07, 6.45) is 8.80. The number of carbonyl (C=O) groups is 4. The molecule has 243 valence electrons. The molecule has 7 nitrogen and oxygen atoms in total.